The van der Waals surface area contributed by atoms with Gasteiger partial charge >= 0.3 is 5.69 Å². The van der Waals surface area contributed by atoms with Crippen molar-refractivity contribution in [2.45, 2.75) is 36.6 Å². The third kappa shape index (κ3) is 3.96. The van der Waals surface area contributed by atoms with Gasteiger partial charge in [0.2, 0.25) is 0 Å². The third-order valence-electron chi connectivity index (χ3n) is 4.02. The van der Waals surface area contributed by atoms with Gasteiger partial charge in [-0.05, 0) is 24.6 Å². The second-order valence-electron chi connectivity index (χ2n) is 5.74. The lowest BCUT2D eigenvalue weighted by Gasteiger charge is -2.16. The van der Waals surface area contributed by atoms with Crippen LogP contribution in [-0.4, -0.2) is 27.4 Å². The van der Waals surface area contributed by atoms with Crippen LogP contribution in [0.5, 0.6) is 0 Å². The normalized spacial score (nSPS) is 22.5. The van der Waals surface area contributed by atoms with E-state index in [0.717, 1.165) is 4.90 Å². The molecule has 0 radical (unpaired) electrons. The lowest BCUT2D eigenvalue weighted by molar-refractivity contribution is 0.00817. The molecule has 0 amide bonds. The molecule has 25 heavy (non-hydrogen) atoms. The Hall–Kier alpha value is -2.48. The van der Waals surface area contributed by atoms with E-state index in [1.807, 2.05) is 30.3 Å². The maximum absolute atomic E-state index is 12.0. The number of azide groups is 1. The highest BCUT2D eigenvalue weighted by Gasteiger charge is 2.36. The van der Waals surface area contributed by atoms with E-state index >= 15 is 0 Å². The van der Waals surface area contributed by atoms with Gasteiger partial charge < -0.3 is 4.74 Å². The molecule has 2 heterocycles. The lowest BCUT2D eigenvalue weighted by atomic mass is 10.1. The molecule has 0 unspecified atom stereocenters. The second kappa shape index (κ2) is 7.60. The molecule has 0 aliphatic carbocycles. The number of aromatic nitrogens is 2. The molecule has 130 valence electrons. The van der Waals surface area contributed by atoms with E-state index < -0.39 is 17.5 Å². The summed E-state index contributed by atoms with van der Waals surface area (Å²) in [7, 11) is 0. The molecule has 1 aromatic heterocycles. The van der Waals surface area contributed by atoms with Crippen molar-refractivity contribution in [1.29, 1.82) is 0 Å². The number of nitrogens with zero attached hydrogens (tertiary/aromatic N) is 4. The minimum Gasteiger partial charge on any atom is -0.353 e. The smallest absolute Gasteiger partial charge is 0.330 e. The maximum Gasteiger partial charge on any atom is 0.330 e. The molecule has 1 aliphatic heterocycles. The molecule has 3 atom stereocenters. The first kappa shape index (κ1) is 17.3. The molecule has 0 bridgehead atoms. The van der Waals surface area contributed by atoms with Crippen molar-refractivity contribution in [2.75, 3.05) is 5.75 Å². The van der Waals surface area contributed by atoms with Gasteiger partial charge in [0.1, 0.15) is 6.23 Å². The number of benzene rings is 1. The molecule has 1 aliphatic rings. The first-order chi connectivity index (χ1) is 12.1. The number of H-pyrrole nitrogens is 1. The third-order valence-corrected chi connectivity index (χ3v) is 5.12. The van der Waals surface area contributed by atoms with Gasteiger partial charge in [-0.15, -0.1) is 11.8 Å². The number of rotatable bonds is 5. The largest absolute Gasteiger partial charge is 0.353 e. The van der Waals surface area contributed by atoms with Crippen LogP contribution >= 0.6 is 11.8 Å². The van der Waals surface area contributed by atoms with Crippen LogP contribution in [0.3, 0.4) is 0 Å². The first-order valence-corrected chi connectivity index (χ1v) is 8.76. The fourth-order valence-electron chi connectivity index (χ4n) is 2.72. The number of hydrogen-bond donors (Lipinski definition) is 1. The summed E-state index contributed by atoms with van der Waals surface area (Å²) < 4.78 is 7.32. The van der Waals surface area contributed by atoms with Crippen LogP contribution in [0.4, 0.5) is 0 Å². The Kier molecular flexibility index (Phi) is 5.28. The van der Waals surface area contributed by atoms with Gasteiger partial charge in [0.15, 0.2) is 0 Å². The Bertz CT molecular complexity index is 904. The van der Waals surface area contributed by atoms with Gasteiger partial charge in [-0.3, -0.25) is 14.3 Å². The minimum atomic E-state index is -0.570. The SMILES string of the molecule is Cc1cn([C@H]2C[C@H](N=[N+]=[N-])[C@@H](CSc3ccccc3)O2)c(=O)[nH]c1=O. The van der Waals surface area contributed by atoms with Gasteiger partial charge in [-0.1, -0.05) is 23.3 Å². The Morgan fingerprint density at radius 3 is 2.88 bits per heavy atom. The van der Waals surface area contributed by atoms with Crippen LogP contribution in [0.25, 0.3) is 10.4 Å². The van der Waals surface area contributed by atoms with Gasteiger partial charge in [-0.2, -0.15) is 0 Å². The van der Waals surface area contributed by atoms with E-state index in [4.69, 9.17) is 10.3 Å². The summed E-state index contributed by atoms with van der Waals surface area (Å²) in [6.45, 7) is 1.62. The maximum atomic E-state index is 12.0. The summed E-state index contributed by atoms with van der Waals surface area (Å²) in [5.74, 6) is 0.598. The van der Waals surface area contributed by atoms with Crippen molar-refractivity contribution in [3.05, 3.63) is 73.4 Å². The zero-order valence-corrected chi connectivity index (χ0v) is 14.3. The molecule has 3 rings (SSSR count). The minimum absolute atomic E-state index is 0.315. The summed E-state index contributed by atoms with van der Waals surface area (Å²) in [5, 5.41) is 3.82. The Morgan fingerprint density at radius 1 is 1.40 bits per heavy atom. The molecule has 0 spiro atoms. The number of aryl methyl sites for hydroxylation is 1. The number of thioether (sulfide) groups is 1. The van der Waals surface area contributed by atoms with E-state index in [1.54, 1.807) is 18.7 Å². The summed E-state index contributed by atoms with van der Waals surface area (Å²) in [6, 6.07) is 9.47. The highest BCUT2D eigenvalue weighted by Crippen LogP contribution is 2.33. The Labute approximate surface area is 147 Å². The van der Waals surface area contributed by atoms with Crippen molar-refractivity contribution in [1.82, 2.24) is 9.55 Å². The molecule has 1 aromatic carbocycles. The average molecular weight is 359 g/mol. The molecule has 2 aromatic rings. The fourth-order valence-corrected chi connectivity index (χ4v) is 3.73. The average Bonchev–Trinajstić information content (AvgIpc) is 3.00. The Balaban J connectivity index is 1.78. The number of hydrogen-bond acceptors (Lipinski definition) is 5. The van der Waals surface area contributed by atoms with E-state index in [-0.39, 0.29) is 12.1 Å². The summed E-state index contributed by atoms with van der Waals surface area (Å²) >= 11 is 1.60. The van der Waals surface area contributed by atoms with Gasteiger partial charge in [0.05, 0.1) is 12.1 Å². The summed E-state index contributed by atoms with van der Waals surface area (Å²) in [4.78, 5) is 29.8. The highest BCUT2D eigenvalue weighted by molar-refractivity contribution is 7.99. The summed E-state index contributed by atoms with van der Waals surface area (Å²) in [6.07, 6.45) is 0.978. The predicted molar refractivity (Wildman–Crippen MR) is 94.7 cm³/mol. The van der Waals surface area contributed by atoms with Crippen molar-refractivity contribution < 1.29 is 4.74 Å². The predicted octanol–water partition coefficient (Wildman–Crippen LogP) is 2.60. The number of ether oxygens (including phenoxy) is 1. The molecule has 1 N–H and O–H groups in total. The van der Waals surface area contributed by atoms with Crippen molar-refractivity contribution >= 4 is 11.8 Å². The van der Waals surface area contributed by atoms with Crippen molar-refractivity contribution in [2.24, 2.45) is 5.11 Å². The zero-order chi connectivity index (χ0) is 17.8. The van der Waals surface area contributed by atoms with Gasteiger partial charge in [0.25, 0.3) is 5.56 Å². The van der Waals surface area contributed by atoms with Crippen LogP contribution in [0.2, 0.25) is 0 Å². The van der Waals surface area contributed by atoms with E-state index in [2.05, 4.69) is 15.0 Å². The zero-order valence-electron chi connectivity index (χ0n) is 13.5. The fraction of sp³-hybridized carbons (Fsp3) is 0.375. The van der Waals surface area contributed by atoms with Crippen LogP contribution in [-0.2, 0) is 4.74 Å². The quantitative estimate of drug-likeness (QED) is 0.382. The second-order valence-corrected chi connectivity index (χ2v) is 6.83. The van der Waals surface area contributed by atoms with Crippen LogP contribution in [0.1, 0.15) is 18.2 Å². The molecule has 1 fully saturated rings. The number of aromatic amines is 1. The molecule has 1 saturated heterocycles. The highest BCUT2D eigenvalue weighted by atomic mass is 32.2. The van der Waals surface area contributed by atoms with Gasteiger partial charge in [-0.25, -0.2) is 4.79 Å². The summed E-state index contributed by atoms with van der Waals surface area (Å²) in [5.41, 5.74) is 8.28. The molecule has 0 saturated carbocycles. The van der Waals surface area contributed by atoms with Crippen molar-refractivity contribution in [3.63, 3.8) is 0 Å². The van der Waals surface area contributed by atoms with Crippen LogP contribution in [0, 0.1) is 6.92 Å². The van der Waals surface area contributed by atoms with E-state index in [9.17, 15) is 9.59 Å². The monoisotopic (exact) mass is 359 g/mol. The standard InChI is InChI=1S/C16H17N5O3S/c1-10-8-21(16(23)18-15(10)22)14-7-12(19-20-17)13(24-14)9-25-11-5-3-2-4-6-11/h2-6,8,12-14H,7,9H2,1H3,(H,18,22,23)/t12-,13+,14+/m0/s1. The molecular weight excluding hydrogens is 342 g/mol. The van der Waals surface area contributed by atoms with E-state index in [1.165, 1.54) is 10.8 Å². The Morgan fingerprint density at radius 2 is 2.16 bits per heavy atom. The molecule has 8 nitrogen and oxygen atoms in total. The first-order valence-electron chi connectivity index (χ1n) is 7.78. The van der Waals surface area contributed by atoms with Gasteiger partial charge in [0, 0.05) is 33.7 Å². The molecule has 9 heteroatoms. The topological polar surface area (TPSA) is 113 Å². The van der Waals surface area contributed by atoms with Crippen LogP contribution in [0.15, 0.2) is 56.1 Å². The molecular formula is C16H17N5O3S. The van der Waals surface area contributed by atoms with Crippen molar-refractivity contribution in [3.8, 4) is 0 Å². The van der Waals surface area contributed by atoms with Crippen LogP contribution < -0.4 is 11.2 Å². The number of nitrogens with one attached hydrogen (secondary N) is 1. The lowest BCUT2D eigenvalue weighted by Crippen LogP contribution is -2.33. The van der Waals surface area contributed by atoms with E-state index in [0.29, 0.717) is 17.7 Å².